The Hall–Kier alpha value is -1.87. The Kier molecular flexibility index (Phi) is 5.76. The van der Waals surface area contributed by atoms with Gasteiger partial charge in [0.05, 0.1) is 26.4 Å². The summed E-state index contributed by atoms with van der Waals surface area (Å²) in [6.45, 7) is 2.12. The molecular weight excluding hydrogens is 268 g/mol. The summed E-state index contributed by atoms with van der Waals surface area (Å²) in [5.41, 5.74) is 7.29. The zero-order valence-electron chi connectivity index (χ0n) is 12.2. The van der Waals surface area contributed by atoms with Gasteiger partial charge in [-0.3, -0.25) is 4.79 Å². The number of likely N-dealkylation sites (N-methyl/N-ethyl adjacent to an activating group) is 1. The van der Waals surface area contributed by atoms with Crippen molar-refractivity contribution >= 4 is 5.91 Å². The lowest BCUT2D eigenvalue weighted by Gasteiger charge is -2.27. The Morgan fingerprint density at radius 1 is 1.43 bits per heavy atom. The highest BCUT2D eigenvalue weighted by Gasteiger charge is 2.25. The van der Waals surface area contributed by atoms with E-state index in [9.17, 15) is 4.79 Å². The minimum Gasteiger partial charge on any atom is -0.376 e. The first-order valence-corrected chi connectivity index (χ1v) is 6.93. The summed E-state index contributed by atoms with van der Waals surface area (Å²) in [5.74, 6) is 5.80. The van der Waals surface area contributed by atoms with Gasteiger partial charge in [-0.15, -0.1) is 0 Å². The molecule has 1 aromatic rings. The lowest BCUT2D eigenvalue weighted by Crippen LogP contribution is -2.43. The number of carbonyl (C=O) groups excluding carboxylic acids is 1. The predicted molar refractivity (Wildman–Crippen MR) is 79.4 cm³/mol. The number of nitrogens with two attached hydrogens (primary N) is 1. The van der Waals surface area contributed by atoms with Crippen LogP contribution in [0.1, 0.15) is 11.1 Å². The fourth-order valence-corrected chi connectivity index (χ4v) is 2.14. The summed E-state index contributed by atoms with van der Waals surface area (Å²) in [7, 11) is 1.76. The van der Waals surface area contributed by atoms with Crippen molar-refractivity contribution in [1.29, 1.82) is 0 Å². The van der Waals surface area contributed by atoms with Crippen molar-refractivity contribution in [2.45, 2.75) is 12.6 Å². The van der Waals surface area contributed by atoms with E-state index in [1.54, 1.807) is 11.9 Å². The van der Waals surface area contributed by atoms with Crippen LogP contribution < -0.4 is 5.73 Å². The molecule has 1 aromatic carbocycles. The van der Waals surface area contributed by atoms with E-state index in [1.807, 2.05) is 24.3 Å². The fraction of sp³-hybridized carbons (Fsp3) is 0.438. The zero-order valence-corrected chi connectivity index (χ0v) is 12.2. The van der Waals surface area contributed by atoms with E-state index >= 15 is 0 Å². The van der Waals surface area contributed by atoms with Gasteiger partial charge in [-0.05, 0) is 11.6 Å². The maximum Gasteiger partial charge on any atom is 0.254 e. The van der Waals surface area contributed by atoms with Gasteiger partial charge in [0.15, 0.2) is 6.10 Å². The first kappa shape index (κ1) is 15.5. The molecular formula is C16H20N2O3. The molecule has 0 bridgehead atoms. The van der Waals surface area contributed by atoms with E-state index in [2.05, 4.69) is 11.8 Å². The standard InChI is InChI=1S/C16H20N2O3/c1-18(16(19)15-12-20-9-10-21-15)11-14-6-3-2-5-13(14)7-4-8-17/h2-3,5-6,15H,8-12,17H2,1H3. The summed E-state index contributed by atoms with van der Waals surface area (Å²) in [6, 6.07) is 7.74. The normalized spacial score (nSPS) is 17.7. The zero-order chi connectivity index (χ0) is 15.1. The lowest BCUT2D eigenvalue weighted by molar-refractivity contribution is -0.157. The molecule has 1 heterocycles. The molecule has 0 aromatic heterocycles. The van der Waals surface area contributed by atoms with Crippen LogP contribution in [0.25, 0.3) is 0 Å². The third-order valence-electron chi connectivity index (χ3n) is 3.22. The van der Waals surface area contributed by atoms with E-state index in [0.717, 1.165) is 11.1 Å². The molecule has 1 amide bonds. The second-order valence-electron chi connectivity index (χ2n) is 4.79. The van der Waals surface area contributed by atoms with Crippen LogP contribution in [-0.4, -0.2) is 50.3 Å². The summed E-state index contributed by atoms with van der Waals surface area (Å²) in [5, 5.41) is 0. The second kappa shape index (κ2) is 7.79. The number of ether oxygens (including phenoxy) is 2. The van der Waals surface area contributed by atoms with E-state index in [-0.39, 0.29) is 5.91 Å². The molecule has 1 aliphatic heterocycles. The number of nitrogens with zero attached hydrogens (tertiary/aromatic N) is 1. The van der Waals surface area contributed by atoms with Crippen LogP contribution in [-0.2, 0) is 20.8 Å². The summed E-state index contributed by atoms with van der Waals surface area (Å²) >= 11 is 0. The van der Waals surface area contributed by atoms with Crippen molar-refractivity contribution in [2.24, 2.45) is 5.73 Å². The second-order valence-corrected chi connectivity index (χ2v) is 4.79. The van der Waals surface area contributed by atoms with Crippen molar-refractivity contribution in [3.05, 3.63) is 35.4 Å². The van der Waals surface area contributed by atoms with Gasteiger partial charge in [-0.25, -0.2) is 0 Å². The van der Waals surface area contributed by atoms with Crippen molar-refractivity contribution in [1.82, 2.24) is 4.90 Å². The molecule has 21 heavy (non-hydrogen) atoms. The molecule has 5 heteroatoms. The van der Waals surface area contributed by atoms with Crippen molar-refractivity contribution in [3.8, 4) is 11.8 Å². The van der Waals surface area contributed by atoms with Crippen LogP contribution in [0.4, 0.5) is 0 Å². The maximum absolute atomic E-state index is 12.3. The van der Waals surface area contributed by atoms with Gasteiger partial charge in [0, 0.05) is 19.2 Å². The molecule has 0 saturated carbocycles. The molecule has 112 valence electrons. The number of hydrogen-bond donors (Lipinski definition) is 1. The highest BCUT2D eigenvalue weighted by atomic mass is 16.6. The third kappa shape index (κ3) is 4.30. The average Bonchev–Trinajstić information content (AvgIpc) is 2.54. The van der Waals surface area contributed by atoms with Crippen LogP contribution in [0, 0.1) is 11.8 Å². The molecule has 1 fully saturated rings. The summed E-state index contributed by atoms with van der Waals surface area (Å²) in [6.07, 6.45) is -0.508. The first-order chi connectivity index (χ1) is 10.2. The summed E-state index contributed by atoms with van der Waals surface area (Å²) < 4.78 is 10.7. The molecule has 0 aliphatic carbocycles. The molecule has 2 rings (SSSR count). The van der Waals surface area contributed by atoms with Crippen LogP contribution >= 0.6 is 0 Å². The SMILES string of the molecule is CN(Cc1ccccc1C#CCN)C(=O)C1COCCO1. The molecule has 5 nitrogen and oxygen atoms in total. The highest BCUT2D eigenvalue weighted by molar-refractivity contribution is 5.81. The van der Waals surface area contributed by atoms with Gasteiger partial charge >= 0.3 is 0 Å². The quantitative estimate of drug-likeness (QED) is 0.816. The minimum atomic E-state index is -0.508. The van der Waals surface area contributed by atoms with Gasteiger partial charge in [-0.2, -0.15) is 0 Å². The minimum absolute atomic E-state index is 0.0729. The molecule has 0 spiro atoms. The molecule has 1 aliphatic rings. The van der Waals surface area contributed by atoms with Crippen LogP contribution in [0.3, 0.4) is 0 Å². The number of rotatable bonds is 3. The Balaban J connectivity index is 2.05. The first-order valence-electron chi connectivity index (χ1n) is 6.93. The van der Waals surface area contributed by atoms with Crippen molar-refractivity contribution in [3.63, 3.8) is 0 Å². The van der Waals surface area contributed by atoms with Crippen molar-refractivity contribution in [2.75, 3.05) is 33.4 Å². The Labute approximate surface area is 125 Å². The van der Waals surface area contributed by atoms with Gasteiger partial charge in [0.25, 0.3) is 5.91 Å². The van der Waals surface area contributed by atoms with Gasteiger partial charge < -0.3 is 20.1 Å². The van der Waals surface area contributed by atoms with Crippen LogP contribution in [0.5, 0.6) is 0 Å². The average molecular weight is 288 g/mol. The highest BCUT2D eigenvalue weighted by Crippen LogP contribution is 2.12. The van der Waals surface area contributed by atoms with Gasteiger partial charge in [0.2, 0.25) is 0 Å². The number of amides is 1. The van der Waals surface area contributed by atoms with E-state index in [1.165, 1.54) is 0 Å². The van der Waals surface area contributed by atoms with Gasteiger partial charge in [0.1, 0.15) is 0 Å². The Morgan fingerprint density at radius 2 is 2.24 bits per heavy atom. The molecule has 2 N–H and O–H groups in total. The van der Waals surface area contributed by atoms with Gasteiger partial charge in [-0.1, -0.05) is 30.0 Å². The van der Waals surface area contributed by atoms with Crippen molar-refractivity contribution < 1.29 is 14.3 Å². The fourth-order valence-electron chi connectivity index (χ4n) is 2.14. The summed E-state index contributed by atoms with van der Waals surface area (Å²) in [4.78, 5) is 13.9. The number of carbonyl (C=O) groups is 1. The van der Waals surface area contributed by atoms with Crippen LogP contribution in [0.15, 0.2) is 24.3 Å². The molecule has 1 unspecified atom stereocenters. The topological polar surface area (TPSA) is 64.8 Å². The number of benzene rings is 1. The Bertz CT molecular complexity index is 542. The molecule has 0 radical (unpaired) electrons. The lowest BCUT2D eigenvalue weighted by atomic mass is 10.1. The predicted octanol–water partition coefficient (Wildman–Crippen LogP) is 0.371. The molecule has 1 atom stereocenters. The van der Waals surface area contributed by atoms with E-state index in [0.29, 0.717) is 32.9 Å². The number of hydrogen-bond acceptors (Lipinski definition) is 4. The van der Waals surface area contributed by atoms with Crippen LogP contribution in [0.2, 0.25) is 0 Å². The third-order valence-corrected chi connectivity index (χ3v) is 3.22. The smallest absolute Gasteiger partial charge is 0.254 e. The molecule has 1 saturated heterocycles. The largest absolute Gasteiger partial charge is 0.376 e. The van der Waals surface area contributed by atoms with E-state index < -0.39 is 6.10 Å². The maximum atomic E-state index is 12.3. The monoisotopic (exact) mass is 288 g/mol. The Morgan fingerprint density at radius 3 is 2.95 bits per heavy atom. The van der Waals surface area contributed by atoms with E-state index in [4.69, 9.17) is 15.2 Å².